The number of aryl methyl sites for hydroxylation is 1. The second kappa shape index (κ2) is 3.94. The lowest BCUT2D eigenvalue weighted by atomic mass is 10.3. The lowest BCUT2D eigenvalue weighted by molar-refractivity contribution is 0.573. The Morgan fingerprint density at radius 1 is 1.82 bits per heavy atom. The highest BCUT2D eigenvalue weighted by molar-refractivity contribution is 7.06. The van der Waals surface area contributed by atoms with E-state index in [0.29, 0.717) is 13.0 Å². The summed E-state index contributed by atoms with van der Waals surface area (Å²) in [6.07, 6.45) is 6.57. The van der Waals surface area contributed by atoms with Crippen LogP contribution in [0.1, 0.15) is 12.8 Å². The third-order valence-electron chi connectivity index (χ3n) is 1.24. The van der Waals surface area contributed by atoms with E-state index in [1.54, 1.807) is 0 Å². The molecule has 0 bridgehead atoms. The molecule has 0 aliphatic carbocycles. The van der Waals surface area contributed by atoms with Crippen molar-refractivity contribution in [2.75, 3.05) is 0 Å². The van der Waals surface area contributed by atoms with E-state index in [1.165, 1.54) is 10.2 Å². The second-order valence-electron chi connectivity index (χ2n) is 2.04. The molecule has 1 rings (SSSR count). The van der Waals surface area contributed by atoms with Gasteiger partial charge in [-0.2, -0.15) is 5.10 Å². The summed E-state index contributed by atoms with van der Waals surface area (Å²) < 4.78 is 1.43. The normalized spacial score (nSPS) is 9.36. The largest absolute Gasteiger partial charge is 0.324 e. The first-order valence-electron chi connectivity index (χ1n) is 3.28. The van der Waals surface area contributed by atoms with Gasteiger partial charge in [0.25, 0.3) is 0 Å². The van der Waals surface area contributed by atoms with Gasteiger partial charge in [-0.3, -0.25) is 4.79 Å². The average molecular weight is 168 g/mol. The number of terminal acetylenes is 1. The highest BCUT2D eigenvalue weighted by Gasteiger charge is 1.95. The summed E-state index contributed by atoms with van der Waals surface area (Å²) in [4.78, 5) is 10.9. The van der Waals surface area contributed by atoms with Gasteiger partial charge in [0, 0.05) is 13.0 Å². The topological polar surface area (TPSA) is 34.9 Å². The van der Waals surface area contributed by atoms with Crippen molar-refractivity contribution >= 4 is 11.3 Å². The van der Waals surface area contributed by atoms with Gasteiger partial charge in [0.1, 0.15) is 5.51 Å². The minimum absolute atomic E-state index is 0.0120. The van der Waals surface area contributed by atoms with Crippen molar-refractivity contribution in [3.63, 3.8) is 0 Å². The molecule has 0 amide bonds. The zero-order valence-corrected chi connectivity index (χ0v) is 6.80. The van der Waals surface area contributed by atoms with Crippen LogP contribution in [-0.2, 0) is 6.54 Å². The van der Waals surface area contributed by atoms with Gasteiger partial charge in [-0.1, -0.05) is 11.3 Å². The third kappa shape index (κ3) is 2.20. The van der Waals surface area contributed by atoms with Crippen LogP contribution in [0.25, 0.3) is 0 Å². The van der Waals surface area contributed by atoms with E-state index in [1.807, 2.05) is 0 Å². The summed E-state index contributed by atoms with van der Waals surface area (Å²) in [6.45, 7) is 0.631. The molecule has 0 spiro atoms. The third-order valence-corrected chi connectivity index (χ3v) is 1.85. The van der Waals surface area contributed by atoms with Gasteiger partial charge in [-0.25, -0.2) is 4.68 Å². The van der Waals surface area contributed by atoms with Crippen LogP contribution in [0.4, 0.5) is 0 Å². The number of aromatic nitrogens is 2. The Labute approximate surface area is 68.7 Å². The Hall–Kier alpha value is -1.08. The van der Waals surface area contributed by atoms with E-state index in [2.05, 4.69) is 11.0 Å². The van der Waals surface area contributed by atoms with Gasteiger partial charge < -0.3 is 0 Å². The Balaban J connectivity index is 2.46. The Morgan fingerprint density at radius 2 is 2.64 bits per heavy atom. The molecule has 0 atom stereocenters. The zero-order chi connectivity index (χ0) is 8.10. The van der Waals surface area contributed by atoms with Crippen molar-refractivity contribution in [3.05, 3.63) is 15.2 Å². The molecule has 1 heterocycles. The summed E-state index contributed by atoms with van der Waals surface area (Å²) in [5.41, 5.74) is 1.54. The number of hydrogen-bond acceptors (Lipinski definition) is 3. The Bertz CT molecular complexity index is 307. The van der Waals surface area contributed by atoms with Crippen LogP contribution < -0.4 is 4.87 Å². The van der Waals surface area contributed by atoms with Crippen LogP contribution in [0, 0.1) is 12.3 Å². The predicted molar refractivity (Wildman–Crippen MR) is 44.4 cm³/mol. The molecule has 0 saturated heterocycles. The zero-order valence-electron chi connectivity index (χ0n) is 5.99. The van der Waals surface area contributed by atoms with Crippen molar-refractivity contribution in [1.29, 1.82) is 0 Å². The van der Waals surface area contributed by atoms with Gasteiger partial charge in [-0.05, 0) is 6.42 Å². The summed E-state index contributed by atoms with van der Waals surface area (Å²) in [7, 11) is 0. The number of rotatable bonds is 3. The molecular weight excluding hydrogens is 160 g/mol. The lowest BCUT2D eigenvalue weighted by Crippen LogP contribution is -2.14. The highest BCUT2D eigenvalue weighted by atomic mass is 32.1. The molecule has 0 aliphatic rings. The molecule has 0 unspecified atom stereocenters. The van der Waals surface area contributed by atoms with E-state index >= 15 is 0 Å². The minimum atomic E-state index is -0.0120. The van der Waals surface area contributed by atoms with Crippen LogP contribution in [0.15, 0.2) is 10.3 Å². The fourth-order valence-corrected chi connectivity index (χ4v) is 1.22. The first-order valence-corrected chi connectivity index (χ1v) is 4.16. The molecule has 0 aliphatic heterocycles. The molecular formula is C7H8N2OS. The molecule has 58 valence electrons. The molecule has 1 aromatic heterocycles. The lowest BCUT2D eigenvalue weighted by Gasteiger charge is -1.93. The molecule has 11 heavy (non-hydrogen) atoms. The highest BCUT2D eigenvalue weighted by Crippen LogP contribution is 1.90. The molecule has 0 saturated carbocycles. The maximum absolute atomic E-state index is 10.9. The fourth-order valence-electron chi connectivity index (χ4n) is 0.713. The standard InChI is InChI=1S/C7H8N2OS/c1-2-3-4-5-9-7(10)11-6-8-9/h1,6H,3-5H2. The molecule has 1 aromatic rings. The van der Waals surface area contributed by atoms with Crippen LogP contribution >= 0.6 is 11.3 Å². The van der Waals surface area contributed by atoms with E-state index < -0.39 is 0 Å². The second-order valence-corrected chi connectivity index (χ2v) is 2.83. The maximum Gasteiger partial charge on any atom is 0.324 e. The van der Waals surface area contributed by atoms with Gasteiger partial charge in [-0.15, -0.1) is 12.3 Å². The number of unbranched alkanes of at least 4 members (excludes halogenated alkanes) is 1. The molecule has 0 radical (unpaired) electrons. The monoisotopic (exact) mass is 168 g/mol. The average Bonchev–Trinajstić information content (AvgIpc) is 2.37. The van der Waals surface area contributed by atoms with Crippen molar-refractivity contribution in [1.82, 2.24) is 9.78 Å². The van der Waals surface area contributed by atoms with E-state index in [4.69, 9.17) is 6.42 Å². The summed E-state index contributed by atoms with van der Waals surface area (Å²) in [5.74, 6) is 2.51. The van der Waals surface area contributed by atoms with Gasteiger partial charge in [0.15, 0.2) is 0 Å². The van der Waals surface area contributed by atoms with Gasteiger partial charge >= 0.3 is 4.87 Å². The van der Waals surface area contributed by atoms with Crippen molar-refractivity contribution < 1.29 is 0 Å². The van der Waals surface area contributed by atoms with Crippen molar-refractivity contribution in [3.8, 4) is 12.3 Å². The molecule has 4 heteroatoms. The van der Waals surface area contributed by atoms with Crippen LogP contribution in [0.3, 0.4) is 0 Å². The fraction of sp³-hybridized carbons (Fsp3) is 0.429. The molecule has 3 nitrogen and oxygen atoms in total. The smallest absolute Gasteiger partial charge is 0.255 e. The van der Waals surface area contributed by atoms with Gasteiger partial charge in [0.05, 0.1) is 0 Å². The first kappa shape index (κ1) is 8.02. The summed E-state index contributed by atoms with van der Waals surface area (Å²) >= 11 is 1.11. The molecule has 0 fully saturated rings. The number of nitrogens with zero attached hydrogens (tertiary/aromatic N) is 2. The van der Waals surface area contributed by atoms with E-state index in [9.17, 15) is 4.79 Å². The molecule has 0 aromatic carbocycles. The predicted octanol–water partition coefficient (Wildman–Crippen LogP) is 0.718. The van der Waals surface area contributed by atoms with Crippen LogP contribution in [0.2, 0.25) is 0 Å². The van der Waals surface area contributed by atoms with Crippen LogP contribution in [-0.4, -0.2) is 9.78 Å². The quantitative estimate of drug-likeness (QED) is 0.492. The summed E-state index contributed by atoms with van der Waals surface area (Å²) in [5, 5.41) is 3.84. The summed E-state index contributed by atoms with van der Waals surface area (Å²) in [6, 6.07) is 0. The maximum atomic E-state index is 10.9. The van der Waals surface area contributed by atoms with E-state index in [0.717, 1.165) is 17.8 Å². The SMILES string of the molecule is C#CCCCn1ncsc1=O. The van der Waals surface area contributed by atoms with Crippen molar-refractivity contribution in [2.24, 2.45) is 0 Å². The minimum Gasteiger partial charge on any atom is -0.255 e. The Kier molecular flexibility index (Phi) is 2.87. The van der Waals surface area contributed by atoms with Crippen LogP contribution in [0.5, 0.6) is 0 Å². The van der Waals surface area contributed by atoms with Gasteiger partial charge in [0.2, 0.25) is 0 Å². The van der Waals surface area contributed by atoms with Crippen molar-refractivity contribution in [2.45, 2.75) is 19.4 Å². The Morgan fingerprint density at radius 3 is 3.18 bits per heavy atom. The van der Waals surface area contributed by atoms with E-state index in [-0.39, 0.29) is 4.87 Å². The molecule has 0 N–H and O–H groups in total. The number of hydrogen-bond donors (Lipinski definition) is 0. The first-order chi connectivity index (χ1) is 5.34.